The van der Waals surface area contributed by atoms with E-state index < -0.39 is 0 Å². The van der Waals surface area contributed by atoms with Gasteiger partial charge in [-0.25, -0.2) is 4.39 Å². The van der Waals surface area contributed by atoms with Gasteiger partial charge in [-0.3, -0.25) is 4.90 Å². The van der Waals surface area contributed by atoms with E-state index in [1.807, 2.05) is 0 Å². The Morgan fingerprint density at radius 3 is 3.06 bits per heavy atom. The molecule has 0 spiro atoms. The molecule has 0 amide bonds. The number of piperidine rings is 1. The van der Waals surface area contributed by atoms with Crippen LogP contribution in [-0.2, 0) is 6.54 Å². The fraction of sp³-hybridized carbons (Fsp3) is 0.571. The van der Waals surface area contributed by atoms with Crippen molar-refractivity contribution < 1.29 is 4.39 Å². The second kappa shape index (κ2) is 5.16. The molecule has 2 saturated heterocycles. The van der Waals surface area contributed by atoms with Crippen LogP contribution in [0.4, 0.5) is 4.39 Å². The van der Waals surface area contributed by atoms with Crippen LogP contribution >= 0.6 is 11.6 Å². The highest BCUT2D eigenvalue weighted by Crippen LogP contribution is 2.26. The van der Waals surface area contributed by atoms with Gasteiger partial charge in [-0.2, -0.15) is 0 Å². The van der Waals surface area contributed by atoms with Gasteiger partial charge in [0.2, 0.25) is 0 Å². The fourth-order valence-electron chi connectivity index (χ4n) is 3.16. The quantitative estimate of drug-likeness (QED) is 0.887. The van der Waals surface area contributed by atoms with Crippen LogP contribution in [0.2, 0.25) is 5.02 Å². The number of halogens is 2. The number of hydrogen-bond acceptors (Lipinski definition) is 2. The molecular weight excluding hydrogens is 251 g/mol. The Bertz CT molecular complexity index is 424. The van der Waals surface area contributed by atoms with Crippen LogP contribution in [0.3, 0.4) is 0 Å². The summed E-state index contributed by atoms with van der Waals surface area (Å²) in [6.07, 6.45) is 2.57. The van der Waals surface area contributed by atoms with Crippen molar-refractivity contribution in [2.45, 2.75) is 25.4 Å². The number of benzene rings is 1. The topological polar surface area (TPSA) is 15.3 Å². The third-order valence-electron chi connectivity index (χ3n) is 4.08. The third kappa shape index (κ3) is 2.53. The van der Waals surface area contributed by atoms with Gasteiger partial charge in [0.15, 0.2) is 0 Å². The second-order valence-corrected chi connectivity index (χ2v) is 5.83. The molecule has 1 aromatic carbocycles. The van der Waals surface area contributed by atoms with E-state index in [9.17, 15) is 4.39 Å². The lowest BCUT2D eigenvalue weighted by atomic mass is 9.94. The molecule has 0 saturated carbocycles. The Labute approximate surface area is 112 Å². The van der Waals surface area contributed by atoms with Gasteiger partial charge in [0.05, 0.1) is 0 Å². The van der Waals surface area contributed by atoms with Crippen LogP contribution in [-0.4, -0.2) is 30.6 Å². The predicted molar refractivity (Wildman–Crippen MR) is 71.2 cm³/mol. The lowest BCUT2D eigenvalue weighted by Crippen LogP contribution is -2.40. The molecule has 18 heavy (non-hydrogen) atoms. The van der Waals surface area contributed by atoms with E-state index in [0.29, 0.717) is 17.6 Å². The van der Waals surface area contributed by atoms with Crippen molar-refractivity contribution in [1.29, 1.82) is 0 Å². The molecule has 0 radical (unpaired) electrons. The van der Waals surface area contributed by atoms with E-state index in [4.69, 9.17) is 11.6 Å². The molecule has 4 heteroatoms. The molecule has 3 rings (SSSR count). The normalized spacial score (nSPS) is 28.3. The van der Waals surface area contributed by atoms with Gasteiger partial charge in [0, 0.05) is 36.3 Å². The van der Waals surface area contributed by atoms with Crippen molar-refractivity contribution in [3.63, 3.8) is 0 Å². The number of likely N-dealkylation sites (tertiary alicyclic amines) is 1. The first kappa shape index (κ1) is 12.4. The van der Waals surface area contributed by atoms with Crippen molar-refractivity contribution in [3.05, 3.63) is 34.6 Å². The fourth-order valence-corrected chi connectivity index (χ4v) is 3.31. The molecule has 2 aliphatic rings. The van der Waals surface area contributed by atoms with Gasteiger partial charge in [-0.05, 0) is 37.4 Å². The maximum absolute atomic E-state index is 13.7. The minimum Gasteiger partial charge on any atom is -0.312 e. The van der Waals surface area contributed by atoms with Crippen molar-refractivity contribution in [2.24, 2.45) is 5.92 Å². The highest BCUT2D eigenvalue weighted by Gasteiger charge is 2.34. The molecule has 2 unspecified atom stereocenters. The molecule has 1 aromatic rings. The average molecular weight is 269 g/mol. The highest BCUT2D eigenvalue weighted by atomic mass is 35.5. The zero-order valence-electron chi connectivity index (χ0n) is 10.3. The summed E-state index contributed by atoms with van der Waals surface area (Å²) in [7, 11) is 0. The number of nitrogens with one attached hydrogen (secondary N) is 1. The summed E-state index contributed by atoms with van der Waals surface area (Å²) < 4.78 is 13.7. The van der Waals surface area contributed by atoms with Gasteiger partial charge in [-0.15, -0.1) is 0 Å². The second-order valence-electron chi connectivity index (χ2n) is 5.39. The largest absolute Gasteiger partial charge is 0.312 e. The van der Waals surface area contributed by atoms with E-state index in [1.165, 1.54) is 18.9 Å². The molecule has 2 atom stereocenters. The molecule has 2 heterocycles. The minimum atomic E-state index is -0.190. The lowest BCUT2D eigenvalue weighted by molar-refractivity contribution is 0.308. The third-order valence-corrected chi connectivity index (χ3v) is 4.32. The van der Waals surface area contributed by atoms with Crippen molar-refractivity contribution in [2.75, 3.05) is 19.6 Å². The Kier molecular flexibility index (Phi) is 3.55. The molecule has 2 nitrogen and oxygen atoms in total. The summed E-state index contributed by atoms with van der Waals surface area (Å²) in [5, 5.41) is 4.03. The van der Waals surface area contributed by atoms with Gasteiger partial charge < -0.3 is 5.32 Å². The van der Waals surface area contributed by atoms with Crippen LogP contribution < -0.4 is 5.32 Å². The maximum atomic E-state index is 13.7. The SMILES string of the molecule is Fc1cc(Cl)ccc1CN1CC2CCCNC2C1. The van der Waals surface area contributed by atoms with Crippen LogP contribution in [0.15, 0.2) is 18.2 Å². The summed E-state index contributed by atoms with van der Waals surface area (Å²) in [5.74, 6) is 0.555. The first-order chi connectivity index (χ1) is 8.72. The molecule has 0 aliphatic carbocycles. The Morgan fingerprint density at radius 1 is 1.39 bits per heavy atom. The predicted octanol–water partition coefficient (Wildman–Crippen LogP) is 2.66. The Morgan fingerprint density at radius 2 is 2.28 bits per heavy atom. The number of rotatable bonds is 2. The summed E-state index contributed by atoms with van der Waals surface area (Å²) in [5.41, 5.74) is 0.748. The molecule has 0 aromatic heterocycles. The standard InChI is InChI=1S/C14H18ClFN2/c15-12-4-3-10(13(16)6-12)7-18-8-11-2-1-5-17-14(11)9-18/h3-4,6,11,14,17H,1-2,5,7-9H2. The number of fused-ring (bicyclic) bond motifs is 1. The van der Waals surface area contributed by atoms with E-state index in [0.717, 1.165) is 31.1 Å². The molecule has 98 valence electrons. The van der Waals surface area contributed by atoms with Crippen molar-refractivity contribution in [1.82, 2.24) is 10.2 Å². The zero-order valence-corrected chi connectivity index (χ0v) is 11.1. The monoisotopic (exact) mass is 268 g/mol. The van der Waals surface area contributed by atoms with Gasteiger partial charge in [0.25, 0.3) is 0 Å². The Balaban J connectivity index is 1.66. The highest BCUT2D eigenvalue weighted by molar-refractivity contribution is 6.30. The van der Waals surface area contributed by atoms with Crippen LogP contribution in [0.5, 0.6) is 0 Å². The van der Waals surface area contributed by atoms with E-state index in [-0.39, 0.29) is 5.82 Å². The molecule has 0 bridgehead atoms. The lowest BCUT2D eigenvalue weighted by Gasteiger charge is -2.24. The maximum Gasteiger partial charge on any atom is 0.129 e. The first-order valence-corrected chi connectivity index (χ1v) is 7.00. The summed E-state index contributed by atoms with van der Waals surface area (Å²) >= 11 is 5.77. The summed E-state index contributed by atoms with van der Waals surface area (Å²) in [6.45, 7) is 3.94. The van der Waals surface area contributed by atoms with Gasteiger partial charge >= 0.3 is 0 Å². The smallest absolute Gasteiger partial charge is 0.129 e. The minimum absolute atomic E-state index is 0.190. The summed E-state index contributed by atoms with van der Waals surface area (Å²) in [6, 6.07) is 5.57. The van der Waals surface area contributed by atoms with E-state index >= 15 is 0 Å². The number of nitrogens with zero attached hydrogens (tertiary/aromatic N) is 1. The molecule has 2 fully saturated rings. The van der Waals surface area contributed by atoms with E-state index in [1.54, 1.807) is 12.1 Å². The molecule has 2 aliphatic heterocycles. The molecule has 1 N–H and O–H groups in total. The average Bonchev–Trinajstić information content (AvgIpc) is 2.75. The summed E-state index contributed by atoms with van der Waals surface area (Å²) in [4.78, 5) is 2.35. The first-order valence-electron chi connectivity index (χ1n) is 6.62. The van der Waals surface area contributed by atoms with Crippen LogP contribution in [0.25, 0.3) is 0 Å². The van der Waals surface area contributed by atoms with Crippen molar-refractivity contribution >= 4 is 11.6 Å². The van der Waals surface area contributed by atoms with E-state index in [2.05, 4.69) is 10.2 Å². The van der Waals surface area contributed by atoms with Crippen LogP contribution in [0.1, 0.15) is 18.4 Å². The number of hydrogen-bond donors (Lipinski definition) is 1. The zero-order chi connectivity index (χ0) is 12.5. The van der Waals surface area contributed by atoms with Gasteiger partial charge in [0.1, 0.15) is 5.82 Å². The van der Waals surface area contributed by atoms with Crippen LogP contribution in [0, 0.1) is 11.7 Å². The van der Waals surface area contributed by atoms with Gasteiger partial charge in [-0.1, -0.05) is 17.7 Å². The van der Waals surface area contributed by atoms with Crippen molar-refractivity contribution in [3.8, 4) is 0 Å². The Hall–Kier alpha value is -0.640. The molecular formula is C14H18ClFN2.